The molecule has 1 rings (SSSR count). The molecule has 0 unspecified atom stereocenters. The van der Waals surface area contributed by atoms with Gasteiger partial charge in [0, 0.05) is 24.5 Å². The summed E-state index contributed by atoms with van der Waals surface area (Å²) in [5, 5.41) is 10.4. The molecular weight excluding hydrogens is 484 g/mol. The first-order valence-corrected chi connectivity index (χ1v) is 13.3. The molecule has 0 fully saturated rings. The van der Waals surface area contributed by atoms with Crippen LogP contribution in [0.1, 0.15) is 68.7 Å². The molecule has 0 aliphatic carbocycles. The largest absolute Gasteiger partial charge is 0.497 e. The number of hydrogen-bond donors (Lipinski definition) is 1. The van der Waals surface area contributed by atoms with Crippen molar-refractivity contribution in [2.75, 3.05) is 26.7 Å². The average molecular weight is 535 g/mol. The van der Waals surface area contributed by atoms with Crippen LogP contribution < -0.4 is 4.74 Å². The van der Waals surface area contributed by atoms with E-state index in [2.05, 4.69) is 37.6 Å². The summed E-state index contributed by atoms with van der Waals surface area (Å²) in [7, 11) is 1.66. The standard InChI is InChI=1S/C22H38N2O4S.C6H10.C2H2/c1-17(2)16-23(29-19-12-10-18(27-8)11-13-19)14-9-15-24(22(6,7)26)20(25)28-21(3,4)5;1-4-5-6(2)3;1-2/h10-13,17,26H,9,14-16H2,1-8H3;4-5H,2H2,1,3H3;1-2H/b;5-4-;. The van der Waals surface area contributed by atoms with Crippen molar-refractivity contribution in [3.8, 4) is 18.6 Å². The minimum Gasteiger partial charge on any atom is -0.497 e. The van der Waals surface area contributed by atoms with Crippen molar-refractivity contribution in [1.82, 2.24) is 9.21 Å². The average Bonchev–Trinajstić information content (AvgIpc) is 2.76. The number of allylic oxidation sites excluding steroid dienone is 3. The number of amides is 1. The van der Waals surface area contributed by atoms with E-state index >= 15 is 0 Å². The number of nitrogens with zero attached hydrogens (tertiary/aromatic N) is 2. The zero-order valence-corrected chi connectivity index (χ0v) is 25.5. The summed E-state index contributed by atoms with van der Waals surface area (Å²) in [5.41, 5.74) is -0.777. The third-order valence-corrected chi connectivity index (χ3v) is 5.45. The predicted molar refractivity (Wildman–Crippen MR) is 159 cm³/mol. The zero-order valence-electron chi connectivity index (χ0n) is 24.7. The van der Waals surface area contributed by atoms with Crippen molar-refractivity contribution in [2.45, 2.75) is 85.0 Å². The molecule has 37 heavy (non-hydrogen) atoms. The van der Waals surface area contributed by atoms with Crippen molar-refractivity contribution < 1.29 is 19.4 Å². The molecule has 0 saturated carbocycles. The summed E-state index contributed by atoms with van der Waals surface area (Å²) in [6.07, 6.45) is 12.2. The molecule has 1 aromatic rings. The van der Waals surface area contributed by atoms with Crippen LogP contribution in [0.25, 0.3) is 0 Å². The summed E-state index contributed by atoms with van der Waals surface area (Å²) in [6.45, 7) is 22.8. The van der Waals surface area contributed by atoms with Crippen LogP contribution in [-0.4, -0.2) is 58.5 Å². The fraction of sp³-hybridized carbons (Fsp3) is 0.567. The van der Waals surface area contributed by atoms with E-state index in [1.54, 1.807) is 32.9 Å². The Morgan fingerprint density at radius 3 is 2.03 bits per heavy atom. The Kier molecular flexibility index (Phi) is 18.7. The number of carbonyl (C=O) groups excluding carboxylic acids is 1. The van der Waals surface area contributed by atoms with Gasteiger partial charge >= 0.3 is 6.09 Å². The van der Waals surface area contributed by atoms with Gasteiger partial charge in [-0.15, -0.1) is 12.8 Å². The molecule has 0 aliphatic heterocycles. The zero-order chi connectivity index (χ0) is 29.2. The monoisotopic (exact) mass is 534 g/mol. The van der Waals surface area contributed by atoms with E-state index in [1.165, 1.54) is 4.90 Å². The molecule has 0 atom stereocenters. The summed E-state index contributed by atoms with van der Waals surface area (Å²) in [4.78, 5) is 15.1. The van der Waals surface area contributed by atoms with Crippen molar-refractivity contribution in [1.29, 1.82) is 0 Å². The summed E-state index contributed by atoms with van der Waals surface area (Å²) >= 11 is 1.69. The maximum absolute atomic E-state index is 12.5. The van der Waals surface area contributed by atoms with E-state index in [9.17, 15) is 9.90 Å². The molecule has 7 heteroatoms. The topological polar surface area (TPSA) is 62.2 Å². The van der Waals surface area contributed by atoms with Crippen LogP contribution in [0.3, 0.4) is 0 Å². The van der Waals surface area contributed by atoms with Crippen LogP contribution in [0.2, 0.25) is 0 Å². The quantitative estimate of drug-likeness (QED) is 0.138. The first-order chi connectivity index (χ1) is 17.1. The van der Waals surface area contributed by atoms with Crippen LogP contribution >= 0.6 is 11.9 Å². The molecule has 0 aliphatic rings. The molecule has 0 radical (unpaired) electrons. The van der Waals surface area contributed by atoms with Gasteiger partial charge in [0.15, 0.2) is 0 Å². The van der Waals surface area contributed by atoms with Crippen LogP contribution in [0.4, 0.5) is 4.79 Å². The van der Waals surface area contributed by atoms with E-state index in [1.807, 2.05) is 71.0 Å². The molecule has 0 spiro atoms. The molecule has 1 amide bonds. The van der Waals surface area contributed by atoms with Gasteiger partial charge in [-0.1, -0.05) is 38.2 Å². The van der Waals surface area contributed by atoms with Gasteiger partial charge < -0.3 is 14.6 Å². The van der Waals surface area contributed by atoms with Gasteiger partial charge in [0.05, 0.1) is 7.11 Å². The molecule has 6 nitrogen and oxygen atoms in total. The van der Waals surface area contributed by atoms with E-state index in [4.69, 9.17) is 9.47 Å². The first-order valence-electron chi connectivity index (χ1n) is 12.5. The Balaban J connectivity index is 0. The van der Waals surface area contributed by atoms with Crippen molar-refractivity contribution in [3.63, 3.8) is 0 Å². The van der Waals surface area contributed by atoms with Gasteiger partial charge in [-0.3, -0.25) is 4.90 Å². The lowest BCUT2D eigenvalue weighted by atomic mass is 10.2. The summed E-state index contributed by atoms with van der Waals surface area (Å²) < 4.78 is 13.0. The maximum atomic E-state index is 12.5. The van der Waals surface area contributed by atoms with Crippen LogP contribution in [0, 0.1) is 18.8 Å². The molecule has 0 bridgehead atoms. The third kappa shape index (κ3) is 19.4. The second-order valence-electron chi connectivity index (χ2n) is 10.4. The van der Waals surface area contributed by atoms with Gasteiger partial charge in [0.1, 0.15) is 17.1 Å². The highest BCUT2D eigenvalue weighted by Gasteiger charge is 2.32. The van der Waals surface area contributed by atoms with Crippen LogP contribution in [0.15, 0.2) is 53.5 Å². The first kappa shape index (κ1) is 36.8. The van der Waals surface area contributed by atoms with Gasteiger partial charge in [0.2, 0.25) is 0 Å². The summed E-state index contributed by atoms with van der Waals surface area (Å²) in [5.74, 6) is 1.35. The smallest absolute Gasteiger partial charge is 0.412 e. The number of aliphatic hydroxyl groups is 1. The highest BCUT2D eigenvalue weighted by molar-refractivity contribution is 7.97. The Hall–Kier alpha value is -2.40. The molecule has 1 N–H and O–H groups in total. The number of methoxy groups -OCH3 is 1. The van der Waals surface area contributed by atoms with Gasteiger partial charge in [0.25, 0.3) is 0 Å². The normalized spacial score (nSPS) is 11.3. The SMILES string of the molecule is C#C.C=C(C)/C=C\C.COc1ccc(SN(CCCN(C(=O)OC(C)(C)C)C(C)(C)O)CC(C)C)cc1. The number of terminal acetylenes is 1. The van der Waals surface area contributed by atoms with Crippen LogP contribution in [-0.2, 0) is 4.74 Å². The van der Waals surface area contributed by atoms with E-state index in [0.29, 0.717) is 12.5 Å². The van der Waals surface area contributed by atoms with E-state index < -0.39 is 17.4 Å². The third-order valence-electron chi connectivity index (χ3n) is 4.38. The molecule has 1 aromatic carbocycles. The number of hydrogen-bond acceptors (Lipinski definition) is 6. The number of benzene rings is 1. The van der Waals surface area contributed by atoms with E-state index in [-0.39, 0.29) is 0 Å². The Bertz CT molecular complexity index is 819. The number of rotatable bonds is 11. The second kappa shape index (κ2) is 18.8. The van der Waals surface area contributed by atoms with Crippen molar-refractivity contribution in [2.24, 2.45) is 5.92 Å². The minimum atomic E-state index is -1.28. The fourth-order valence-corrected chi connectivity index (χ4v) is 4.11. The number of carbonyl (C=O) groups is 1. The second-order valence-corrected chi connectivity index (χ2v) is 11.5. The van der Waals surface area contributed by atoms with Gasteiger partial charge in [-0.25, -0.2) is 9.10 Å². The van der Waals surface area contributed by atoms with Crippen molar-refractivity contribution >= 4 is 18.0 Å². The Morgan fingerprint density at radius 1 is 1.14 bits per heavy atom. The molecular formula is C30H50N2O4S. The number of ether oxygens (including phenoxy) is 2. The lowest BCUT2D eigenvalue weighted by molar-refractivity contribution is -0.0827. The minimum absolute atomic E-state index is 0.413. The van der Waals surface area contributed by atoms with Gasteiger partial charge in [-0.2, -0.15) is 0 Å². The van der Waals surface area contributed by atoms with Gasteiger partial charge in [-0.05, 0) is 97.0 Å². The molecule has 210 valence electrons. The maximum Gasteiger partial charge on any atom is 0.412 e. The lowest BCUT2D eigenvalue weighted by Crippen LogP contribution is -2.50. The highest BCUT2D eigenvalue weighted by Crippen LogP contribution is 2.26. The van der Waals surface area contributed by atoms with Crippen molar-refractivity contribution in [3.05, 3.63) is 48.6 Å². The highest BCUT2D eigenvalue weighted by atomic mass is 32.2. The fourth-order valence-electron chi connectivity index (χ4n) is 2.96. The Morgan fingerprint density at radius 2 is 1.68 bits per heavy atom. The van der Waals surface area contributed by atoms with Crippen LogP contribution in [0.5, 0.6) is 5.75 Å². The summed E-state index contributed by atoms with van der Waals surface area (Å²) in [6, 6.07) is 7.99. The molecule has 0 heterocycles. The molecule has 0 aromatic heterocycles. The predicted octanol–water partition coefficient (Wildman–Crippen LogP) is 7.40. The molecule has 0 saturated heterocycles. The Labute approximate surface area is 231 Å². The lowest BCUT2D eigenvalue weighted by Gasteiger charge is -2.36. The van der Waals surface area contributed by atoms with E-state index in [0.717, 1.165) is 35.7 Å².